The van der Waals surface area contributed by atoms with Crippen LogP contribution >= 0.6 is 0 Å². The van der Waals surface area contributed by atoms with Gasteiger partial charge in [0, 0.05) is 37.3 Å². The van der Waals surface area contributed by atoms with Gasteiger partial charge in [-0.3, -0.25) is 19.1 Å². The number of hydrogen-bond acceptors (Lipinski definition) is 10. The summed E-state index contributed by atoms with van der Waals surface area (Å²) < 4.78 is 44.7. The average molecular weight is 770 g/mol. The molecular formula is C38H51N5O10S. The second kappa shape index (κ2) is 15.2. The predicted molar refractivity (Wildman–Crippen MR) is 194 cm³/mol. The zero-order chi connectivity index (χ0) is 38.3. The van der Waals surface area contributed by atoms with Crippen molar-refractivity contribution < 1.29 is 46.6 Å². The van der Waals surface area contributed by atoms with Crippen molar-refractivity contribution in [2.45, 2.75) is 125 Å². The molecule has 15 nitrogen and oxygen atoms in total. The first kappa shape index (κ1) is 38.1. The van der Waals surface area contributed by atoms with E-state index in [-0.39, 0.29) is 37.8 Å². The van der Waals surface area contributed by atoms with E-state index in [1.165, 1.54) is 4.90 Å². The third kappa shape index (κ3) is 8.24. The molecule has 0 radical (unpaired) electrons. The zero-order valence-corrected chi connectivity index (χ0v) is 31.7. The highest BCUT2D eigenvalue weighted by atomic mass is 32.2. The average Bonchev–Trinajstić information content (AvgIpc) is 4.00. The van der Waals surface area contributed by atoms with Gasteiger partial charge < -0.3 is 34.6 Å². The van der Waals surface area contributed by atoms with Gasteiger partial charge >= 0.3 is 12.2 Å². The maximum atomic E-state index is 14.4. The number of allylic oxidation sites excluding steroid dienone is 1. The van der Waals surface area contributed by atoms with E-state index >= 15 is 0 Å². The Hall–Kier alpha value is -4.18. The predicted octanol–water partition coefficient (Wildman–Crippen LogP) is 2.77. The molecule has 294 valence electrons. The summed E-state index contributed by atoms with van der Waals surface area (Å²) in [6.07, 6.45) is 5.78. The van der Waals surface area contributed by atoms with Gasteiger partial charge in [-0.25, -0.2) is 18.0 Å². The van der Waals surface area contributed by atoms with E-state index in [2.05, 4.69) is 35.3 Å². The van der Waals surface area contributed by atoms with E-state index < -0.39 is 80.9 Å². The molecule has 0 bridgehead atoms. The number of benzene rings is 1. The zero-order valence-electron chi connectivity index (χ0n) is 30.9. The molecule has 4 fully saturated rings. The number of amides is 5. The SMILES string of the molecule is CC1(C)CN(C(=O)O[C@@H]2C[C@H]3C(=O)N[C@]4(C(=O)NS(=O)(=O)C5CC5)C[C@H]4/C=C/CCCCC[C@H](NC(=O)O[C@H]4CCOC4)C(=O)N3C2)Cc2ccccc21. The van der Waals surface area contributed by atoms with E-state index in [0.29, 0.717) is 51.8 Å². The maximum Gasteiger partial charge on any atom is 0.410 e. The van der Waals surface area contributed by atoms with Gasteiger partial charge in [0.25, 0.3) is 5.91 Å². The van der Waals surface area contributed by atoms with Gasteiger partial charge in [0.1, 0.15) is 29.8 Å². The molecule has 0 aromatic heterocycles. The van der Waals surface area contributed by atoms with Crippen molar-refractivity contribution in [1.82, 2.24) is 25.2 Å². The standard InChI is InChI=1S/C38H51N5O10S/c1-37(2)23-42(20-24-10-8-9-12-29(24)37)36(48)53-27-18-31-32(44)40-38(34(46)41-54(49,50)28-14-15-28)19-25(38)11-6-4-3-5-7-13-30(33(45)43(31)21-27)39-35(47)52-26-16-17-51-22-26/h6,8-12,25-28,30-31H,3-5,7,13-23H2,1-2H3,(H,39,47)(H,40,44)(H,41,46)/b11-6+/t25-,26+,27-,30+,31+,38-/m1/s1. The van der Waals surface area contributed by atoms with Crippen LogP contribution < -0.4 is 15.4 Å². The van der Waals surface area contributed by atoms with Gasteiger partial charge in [-0.1, -0.05) is 63.1 Å². The molecule has 6 aliphatic rings. The number of hydrogen-bond donors (Lipinski definition) is 3. The molecule has 54 heavy (non-hydrogen) atoms. The third-order valence-electron chi connectivity index (χ3n) is 11.5. The highest BCUT2D eigenvalue weighted by Gasteiger charge is 2.62. The van der Waals surface area contributed by atoms with Crippen molar-refractivity contribution in [2.75, 3.05) is 26.3 Å². The molecule has 1 aromatic rings. The lowest BCUT2D eigenvalue weighted by Gasteiger charge is -2.39. The second-order valence-electron chi connectivity index (χ2n) is 16.2. The minimum Gasteiger partial charge on any atom is -0.444 e. The van der Waals surface area contributed by atoms with Crippen LogP contribution in [0.1, 0.15) is 89.2 Å². The largest absolute Gasteiger partial charge is 0.444 e. The van der Waals surface area contributed by atoms with Crippen LogP contribution in [0.4, 0.5) is 9.59 Å². The Morgan fingerprint density at radius 1 is 1.00 bits per heavy atom. The molecule has 4 aliphatic heterocycles. The number of nitrogens with one attached hydrogen (secondary N) is 3. The Morgan fingerprint density at radius 3 is 2.56 bits per heavy atom. The van der Waals surface area contributed by atoms with Crippen molar-refractivity contribution in [3.8, 4) is 0 Å². The molecule has 5 amide bonds. The van der Waals surface area contributed by atoms with E-state index in [1.54, 1.807) is 4.90 Å². The number of sulfonamides is 1. The van der Waals surface area contributed by atoms with Crippen LogP contribution in [0, 0.1) is 5.92 Å². The summed E-state index contributed by atoms with van der Waals surface area (Å²) in [6, 6.07) is 5.71. The summed E-state index contributed by atoms with van der Waals surface area (Å²) in [4.78, 5) is 72.1. The van der Waals surface area contributed by atoms with E-state index in [9.17, 15) is 32.4 Å². The fourth-order valence-electron chi connectivity index (χ4n) is 8.27. The van der Waals surface area contributed by atoms with Gasteiger partial charge in [-0.05, 0) is 49.7 Å². The van der Waals surface area contributed by atoms with E-state index in [4.69, 9.17) is 14.2 Å². The summed E-state index contributed by atoms with van der Waals surface area (Å²) in [7, 11) is -3.91. The number of rotatable bonds is 6. The molecule has 7 rings (SSSR count). The molecule has 3 N–H and O–H groups in total. The number of carbonyl (C=O) groups is 5. The Labute approximate surface area is 315 Å². The van der Waals surface area contributed by atoms with E-state index in [0.717, 1.165) is 24.0 Å². The summed E-state index contributed by atoms with van der Waals surface area (Å²) in [5, 5.41) is 4.92. The normalized spacial score (nSPS) is 31.7. The summed E-state index contributed by atoms with van der Waals surface area (Å²) in [5.41, 5.74) is 0.282. The quantitative estimate of drug-likeness (QED) is 0.363. The highest BCUT2D eigenvalue weighted by Crippen LogP contribution is 2.46. The molecule has 6 atom stereocenters. The molecule has 0 spiro atoms. The van der Waals surface area contributed by atoms with Crippen LogP contribution in [-0.4, -0.2) is 110 Å². The van der Waals surface area contributed by atoms with Gasteiger partial charge in [0.2, 0.25) is 21.8 Å². The first-order valence-electron chi connectivity index (χ1n) is 19.2. The van der Waals surface area contributed by atoms with Crippen LogP contribution in [0.25, 0.3) is 0 Å². The number of carbonyl (C=O) groups excluding carboxylic acids is 5. The Morgan fingerprint density at radius 2 is 1.80 bits per heavy atom. The fraction of sp³-hybridized carbons (Fsp3) is 0.658. The van der Waals surface area contributed by atoms with Gasteiger partial charge in [-0.15, -0.1) is 0 Å². The monoisotopic (exact) mass is 769 g/mol. The molecule has 2 saturated carbocycles. The molecular weight excluding hydrogens is 719 g/mol. The Bertz CT molecular complexity index is 1790. The Kier molecular flexibility index (Phi) is 10.7. The van der Waals surface area contributed by atoms with Crippen LogP contribution in [0.3, 0.4) is 0 Å². The van der Waals surface area contributed by atoms with Gasteiger partial charge in [0.05, 0.1) is 25.0 Å². The van der Waals surface area contributed by atoms with Crippen molar-refractivity contribution in [3.05, 3.63) is 47.5 Å². The lowest BCUT2D eigenvalue weighted by molar-refractivity contribution is -0.141. The summed E-state index contributed by atoms with van der Waals surface area (Å²) in [5.74, 6) is -2.48. The van der Waals surface area contributed by atoms with Crippen molar-refractivity contribution >= 4 is 39.9 Å². The third-order valence-corrected chi connectivity index (χ3v) is 13.3. The lowest BCUT2D eigenvalue weighted by atomic mass is 9.78. The first-order chi connectivity index (χ1) is 25.8. The first-order valence-corrected chi connectivity index (χ1v) is 20.7. The van der Waals surface area contributed by atoms with Crippen LogP contribution in [0.15, 0.2) is 36.4 Å². The lowest BCUT2D eigenvalue weighted by Crippen LogP contribution is -2.58. The maximum absolute atomic E-state index is 14.4. The fourth-order valence-corrected chi connectivity index (χ4v) is 9.63. The minimum atomic E-state index is -3.91. The topological polar surface area (TPSA) is 190 Å². The van der Waals surface area contributed by atoms with Gasteiger partial charge in [0.15, 0.2) is 0 Å². The number of nitrogens with zero attached hydrogens (tertiary/aromatic N) is 2. The highest BCUT2D eigenvalue weighted by molar-refractivity contribution is 7.91. The number of fused-ring (bicyclic) bond motifs is 3. The Balaban J connectivity index is 1.13. The summed E-state index contributed by atoms with van der Waals surface area (Å²) in [6.45, 7) is 5.46. The van der Waals surface area contributed by atoms with E-state index in [1.807, 2.05) is 30.4 Å². The number of alkyl carbamates (subject to hydrolysis) is 1. The molecule has 4 heterocycles. The molecule has 1 aromatic carbocycles. The minimum absolute atomic E-state index is 0.0632. The van der Waals surface area contributed by atoms with Crippen LogP contribution in [0.5, 0.6) is 0 Å². The van der Waals surface area contributed by atoms with Crippen molar-refractivity contribution in [3.63, 3.8) is 0 Å². The molecule has 16 heteroatoms. The number of ether oxygens (including phenoxy) is 3. The van der Waals surface area contributed by atoms with Gasteiger partial charge in [-0.2, -0.15) is 0 Å². The van der Waals surface area contributed by atoms with Crippen molar-refractivity contribution in [1.29, 1.82) is 0 Å². The molecule has 2 saturated heterocycles. The van der Waals surface area contributed by atoms with Crippen LogP contribution in [-0.2, 0) is 50.6 Å². The smallest absolute Gasteiger partial charge is 0.410 e. The second-order valence-corrected chi connectivity index (χ2v) is 18.2. The summed E-state index contributed by atoms with van der Waals surface area (Å²) >= 11 is 0. The van der Waals surface area contributed by atoms with Crippen molar-refractivity contribution in [2.24, 2.45) is 5.92 Å². The van der Waals surface area contributed by atoms with Crippen LogP contribution in [0.2, 0.25) is 0 Å². The molecule has 0 unspecified atom stereocenters. The molecule has 2 aliphatic carbocycles.